The first kappa shape index (κ1) is 18.4. The minimum absolute atomic E-state index is 0.0324. The van der Waals surface area contributed by atoms with Gasteiger partial charge in [-0.2, -0.15) is 0 Å². The highest BCUT2D eigenvalue weighted by atomic mass is 79.9. The first-order chi connectivity index (χ1) is 12.0. The Morgan fingerprint density at radius 3 is 2.76 bits per heavy atom. The summed E-state index contributed by atoms with van der Waals surface area (Å²) in [5, 5.41) is 3.23. The van der Waals surface area contributed by atoms with Crippen LogP contribution in [-0.4, -0.2) is 53.8 Å². The maximum atomic E-state index is 12.8. The lowest BCUT2D eigenvalue weighted by atomic mass is 9.98. The monoisotopic (exact) mass is 407 g/mol. The number of amides is 2. The van der Waals surface area contributed by atoms with Crippen LogP contribution in [0, 0.1) is 5.92 Å². The zero-order valence-electron chi connectivity index (χ0n) is 14.7. The summed E-state index contributed by atoms with van der Waals surface area (Å²) in [6, 6.07) is 7.61. The third kappa shape index (κ3) is 4.82. The average molecular weight is 408 g/mol. The Morgan fingerprint density at radius 1 is 1.28 bits per heavy atom. The molecule has 2 aliphatic heterocycles. The molecule has 0 aromatic heterocycles. The molecule has 6 heteroatoms. The number of carbonyl (C=O) groups excluding carboxylic acids is 2. The first-order valence-electron chi connectivity index (χ1n) is 9.07. The molecule has 3 rings (SSSR count). The second-order valence-electron chi connectivity index (χ2n) is 7.16. The Bertz CT molecular complexity index is 629. The summed E-state index contributed by atoms with van der Waals surface area (Å²) in [7, 11) is 0. The molecule has 0 aliphatic carbocycles. The van der Waals surface area contributed by atoms with Gasteiger partial charge >= 0.3 is 0 Å². The number of nitrogens with zero attached hydrogens (tertiary/aromatic N) is 2. The van der Waals surface area contributed by atoms with E-state index in [0.29, 0.717) is 19.0 Å². The summed E-state index contributed by atoms with van der Waals surface area (Å²) >= 11 is 3.47. The number of hydrogen-bond donors (Lipinski definition) is 1. The molecule has 136 valence electrons. The van der Waals surface area contributed by atoms with E-state index in [4.69, 9.17) is 0 Å². The lowest BCUT2D eigenvalue weighted by Gasteiger charge is -2.35. The normalized spacial score (nSPS) is 22.3. The highest BCUT2D eigenvalue weighted by Crippen LogP contribution is 2.19. The molecule has 1 aromatic rings. The average Bonchev–Trinajstić information content (AvgIpc) is 2.59. The van der Waals surface area contributed by atoms with Gasteiger partial charge in [-0.3, -0.25) is 9.59 Å². The molecule has 0 radical (unpaired) electrons. The van der Waals surface area contributed by atoms with Crippen LogP contribution in [-0.2, 0) is 16.1 Å². The minimum atomic E-state index is -0.396. The number of piperidine rings is 1. The van der Waals surface area contributed by atoms with Crippen LogP contribution in [0.4, 0.5) is 0 Å². The number of nitrogens with one attached hydrogen (secondary N) is 1. The van der Waals surface area contributed by atoms with Crippen LogP contribution in [0.15, 0.2) is 28.7 Å². The molecule has 0 bridgehead atoms. The van der Waals surface area contributed by atoms with Crippen molar-refractivity contribution in [3.63, 3.8) is 0 Å². The van der Waals surface area contributed by atoms with Gasteiger partial charge in [0.2, 0.25) is 11.8 Å². The van der Waals surface area contributed by atoms with E-state index in [1.54, 1.807) is 0 Å². The van der Waals surface area contributed by atoms with Crippen molar-refractivity contribution in [1.29, 1.82) is 0 Å². The number of carbonyl (C=O) groups is 2. The number of piperazine rings is 1. The second-order valence-corrected chi connectivity index (χ2v) is 8.08. The van der Waals surface area contributed by atoms with Gasteiger partial charge in [-0.15, -0.1) is 0 Å². The predicted octanol–water partition coefficient (Wildman–Crippen LogP) is 2.40. The lowest BCUT2D eigenvalue weighted by Crippen LogP contribution is -2.56. The summed E-state index contributed by atoms with van der Waals surface area (Å²) in [5.74, 6) is 0.825. The number of likely N-dealkylation sites (tertiary alicyclic amines) is 1. The molecule has 2 aliphatic rings. The van der Waals surface area contributed by atoms with Crippen LogP contribution >= 0.6 is 15.9 Å². The van der Waals surface area contributed by atoms with Crippen molar-refractivity contribution in [3.8, 4) is 0 Å². The molecule has 5 nitrogen and oxygen atoms in total. The van der Waals surface area contributed by atoms with Crippen molar-refractivity contribution in [2.24, 2.45) is 5.92 Å². The fourth-order valence-electron chi connectivity index (χ4n) is 3.53. The van der Waals surface area contributed by atoms with Gasteiger partial charge in [-0.05, 0) is 36.5 Å². The highest BCUT2D eigenvalue weighted by Gasteiger charge is 2.32. The first-order valence-corrected chi connectivity index (χ1v) is 9.86. The van der Waals surface area contributed by atoms with Gasteiger partial charge in [-0.25, -0.2) is 0 Å². The molecule has 2 amide bonds. The molecule has 1 N–H and O–H groups in total. The molecule has 0 saturated carbocycles. The number of hydrogen-bond acceptors (Lipinski definition) is 3. The summed E-state index contributed by atoms with van der Waals surface area (Å²) < 4.78 is 1.01. The van der Waals surface area contributed by atoms with E-state index in [1.807, 2.05) is 34.1 Å². The van der Waals surface area contributed by atoms with Crippen molar-refractivity contribution in [1.82, 2.24) is 15.1 Å². The van der Waals surface area contributed by atoms with Crippen molar-refractivity contribution in [2.45, 2.75) is 38.8 Å². The van der Waals surface area contributed by atoms with Crippen molar-refractivity contribution < 1.29 is 9.59 Å². The minimum Gasteiger partial charge on any atom is -0.343 e. The van der Waals surface area contributed by atoms with E-state index < -0.39 is 6.04 Å². The third-order valence-electron chi connectivity index (χ3n) is 5.16. The van der Waals surface area contributed by atoms with Crippen molar-refractivity contribution in [3.05, 3.63) is 34.3 Å². The van der Waals surface area contributed by atoms with E-state index in [-0.39, 0.29) is 18.2 Å². The zero-order chi connectivity index (χ0) is 17.8. The quantitative estimate of drug-likeness (QED) is 0.833. The van der Waals surface area contributed by atoms with Gasteiger partial charge in [0.25, 0.3) is 0 Å². The van der Waals surface area contributed by atoms with Gasteiger partial charge in [0.1, 0.15) is 0 Å². The van der Waals surface area contributed by atoms with Crippen LogP contribution < -0.4 is 5.32 Å². The van der Waals surface area contributed by atoms with Crippen LogP contribution in [0.1, 0.15) is 31.7 Å². The van der Waals surface area contributed by atoms with Gasteiger partial charge in [0.15, 0.2) is 0 Å². The van der Waals surface area contributed by atoms with Crippen molar-refractivity contribution >= 4 is 27.7 Å². The van der Waals surface area contributed by atoms with Gasteiger partial charge in [-0.1, -0.05) is 35.0 Å². The molecule has 2 heterocycles. The Hall–Kier alpha value is -1.40. The van der Waals surface area contributed by atoms with Crippen LogP contribution in [0.25, 0.3) is 0 Å². The lowest BCUT2D eigenvalue weighted by molar-refractivity contribution is -0.142. The molecule has 1 unspecified atom stereocenters. The molecule has 1 atom stereocenters. The SMILES string of the molecule is CC1CCN(C(=O)CC2NCCN(Cc3cccc(Br)c3)C2=O)CC1. The summed E-state index contributed by atoms with van der Waals surface area (Å²) in [6.07, 6.45) is 2.39. The Morgan fingerprint density at radius 2 is 2.04 bits per heavy atom. The summed E-state index contributed by atoms with van der Waals surface area (Å²) in [5.41, 5.74) is 1.10. The fourth-order valence-corrected chi connectivity index (χ4v) is 3.97. The molecular weight excluding hydrogens is 382 g/mol. The van der Waals surface area contributed by atoms with Crippen LogP contribution in [0.5, 0.6) is 0 Å². The highest BCUT2D eigenvalue weighted by molar-refractivity contribution is 9.10. The van der Waals surface area contributed by atoms with Crippen LogP contribution in [0.2, 0.25) is 0 Å². The van der Waals surface area contributed by atoms with E-state index in [2.05, 4.69) is 28.2 Å². The Labute approximate surface area is 157 Å². The van der Waals surface area contributed by atoms with Gasteiger partial charge in [0.05, 0.1) is 12.5 Å². The second kappa shape index (κ2) is 8.32. The van der Waals surface area contributed by atoms with Gasteiger partial charge in [0, 0.05) is 37.2 Å². The number of rotatable bonds is 4. The molecule has 25 heavy (non-hydrogen) atoms. The molecule has 0 spiro atoms. The smallest absolute Gasteiger partial charge is 0.240 e. The van der Waals surface area contributed by atoms with Crippen molar-refractivity contribution in [2.75, 3.05) is 26.2 Å². The Kier molecular flexibility index (Phi) is 6.12. The molecular formula is C19H26BrN3O2. The predicted molar refractivity (Wildman–Crippen MR) is 101 cm³/mol. The maximum Gasteiger partial charge on any atom is 0.240 e. The number of benzene rings is 1. The van der Waals surface area contributed by atoms with E-state index >= 15 is 0 Å². The topological polar surface area (TPSA) is 52.7 Å². The Balaban J connectivity index is 1.57. The maximum absolute atomic E-state index is 12.8. The van der Waals surface area contributed by atoms with E-state index in [0.717, 1.165) is 42.5 Å². The van der Waals surface area contributed by atoms with Gasteiger partial charge < -0.3 is 15.1 Å². The molecule has 2 fully saturated rings. The molecule has 1 aromatic carbocycles. The number of halogens is 1. The molecule has 2 saturated heterocycles. The van der Waals surface area contributed by atoms with E-state index in [1.165, 1.54) is 0 Å². The summed E-state index contributed by atoms with van der Waals surface area (Å²) in [4.78, 5) is 29.1. The standard InChI is InChI=1S/C19H26BrN3O2/c1-14-5-8-22(9-6-14)18(24)12-17-19(25)23(10-7-21-17)13-15-3-2-4-16(20)11-15/h2-4,11,14,17,21H,5-10,12-13H2,1H3. The largest absolute Gasteiger partial charge is 0.343 e. The third-order valence-corrected chi connectivity index (χ3v) is 5.65. The van der Waals surface area contributed by atoms with Crippen LogP contribution in [0.3, 0.4) is 0 Å². The van der Waals surface area contributed by atoms with E-state index in [9.17, 15) is 9.59 Å². The zero-order valence-corrected chi connectivity index (χ0v) is 16.3. The summed E-state index contributed by atoms with van der Waals surface area (Å²) in [6.45, 7) is 5.87. The fraction of sp³-hybridized carbons (Fsp3) is 0.579.